The number of benzene rings is 1. The van der Waals surface area contributed by atoms with Crippen LogP contribution in [-0.4, -0.2) is 41.0 Å². The number of fused-ring (bicyclic) bond motifs is 2. The normalized spacial score (nSPS) is 24.0. The van der Waals surface area contributed by atoms with Crippen LogP contribution in [0.1, 0.15) is 6.42 Å². The maximum absolute atomic E-state index is 13.0. The van der Waals surface area contributed by atoms with Crippen LogP contribution in [0.5, 0.6) is 11.5 Å². The number of thiazole rings is 1. The lowest BCUT2D eigenvalue weighted by molar-refractivity contribution is -0.286. The van der Waals surface area contributed by atoms with Gasteiger partial charge in [-0.3, -0.25) is 4.79 Å². The van der Waals surface area contributed by atoms with Gasteiger partial charge in [-0.1, -0.05) is 11.3 Å². The summed E-state index contributed by atoms with van der Waals surface area (Å²) in [5, 5.41) is 15.3. The van der Waals surface area contributed by atoms with Crippen molar-refractivity contribution in [2.75, 3.05) is 11.9 Å². The van der Waals surface area contributed by atoms with Gasteiger partial charge in [0.1, 0.15) is 0 Å². The summed E-state index contributed by atoms with van der Waals surface area (Å²) < 4.78 is 35.3. The van der Waals surface area contributed by atoms with Crippen LogP contribution in [0, 0.1) is 0 Å². The van der Waals surface area contributed by atoms with Gasteiger partial charge >= 0.3 is 6.29 Å². The number of β-amino-alcohol motifs (C(OH)–C–C–N with tert-alkyl or cyclic N) is 1. The minimum absolute atomic E-state index is 0. The van der Waals surface area contributed by atoms with Crippen molar-refractivity contribution in [3.63, 3.8) is 0 Å². The Labute approximate surface area is 144 Å². The van der Waals surface area contributed by atoms with Gasteiger partial charge in [0.2, 0.25) is 5.91 Å². The SMILES string of the molecule is Cl.O=C(Nc1nc2cc3c(cc2s1)OC(F)(F)O3)C1CC(O)CN1. The van der Waals surface area contributed by atoms with Crippen molar-refractivity contribution >= 4 is 45.0 Å². The molecule has 1 aromatic heterocycles. The number of nitrogens with zero attached hydrogens (tertiary/aromatic N) is 1. The molecular weight excluding hydrogens is 368 g/mol. The lowest BCUT2D eigenvalue weighted by Crippen LogP contribution is -2.35. The Morgan fingerprint density at radius 3 is 2.79 bits per heavy atom. The highest BCUT2D eigenvalue weighted by molar-refractivity contribution is 7.22. The topological polar surface area (TPSA) is 92.7 Å². The Morgan fingerprint density at radius 2 is 2.12 bits per heavy atom. The number of anilines is 1. The van der Waals surface area contributed by atoms with Gasteiger partial charge in [-0.25, -0.2) is 4.98 Å². The fourth-order valence-electron chi connectivity index (χ4n) is 2.54. The first-order valence-electron chi connectivity index (χ1n) is 6.82. The summed E-state index contributed by atoms with van der Waals surface area (Å²) in [6, 6.07) is 2.26. The minimum atomic E-state index is -3.67. The van der Waals surface area contributed by atoms with Crippen molar-refractivity contribution in [2.45, 2.75) is 24.9 Å². The molecule has 0 saturated carbocycles. The second kappa shape index (κ2) is 5.96. The van der Waals surface area contributed by atoms with E-state index in [1.807, 2.05) is 0 Å². The second-order valence-corrected chi connectivity index (χ2v) is 6.32. The lowest BCUT2D eigenvalue weighted by atomic mass is 10.2. The molecule has 11 heteroatoms. The first-order chi connectivity index (χ1) is 10.9. The maximum Gasteiger partial charge on any atom is 0.586 e. The molecule has 3 heterocycles. The first kappa shape index (κ1) is 17.1. The predicted octanol–water partition coefficient (Wildman–Crippen LogP) is 1.70. The number of carbonyl (C=O) groups excluding carboxylic acids is 1. The molecule has 1 amide bonds. The van der Waals surface area contributed by atoms with Crippen molar-refractivity contribution < 1.29 is 28.2 Å². The molecule has 130 valence electrons. The number of carbonyl (C=O) groups is 1. The zero-order valence-corrected chi connectivity index (χ0v) is 13.5. The van der Waals surface area contributed by atoms with Crippen LogP contribution in [0.3, 0.4) is 0 Å². The van der Waals surface area contributed by atoms with Crippen LogP contribution >= 0.6 is 23.7 Å². The van der Waals surface area contributed by atoms with Crippen LogP contribution in [0.2, 0.25) is 0 Å². The van der Waals surface area contributed by atoms with Gasteiger partial charge in [-0.15, -0.1) is 21.2 Å². The van der Waals surface area contributed by atoms with Crippen molar-refractivity contribution in [3.05, 3.63) is 12.1 Å². The molecule has 2 aromatic rings. The molecule has 2 unspecified atom stereocenters. The summed E-state index contributed by atoms with van der Waals surface area (Å²) in [7, 11) is 0. The summed E-state index contributed by atoms with van der Waals surface area (Å²) >= 11 is 1.14. The highest BCUT2D eigenvalue weighted by Gasteiger charge is 2.43. The fraction of sp³-hybridized carbons (Fsp3) is 0.385. The van der Waals surface area contributed by atoms with Crippen molar-refractivity contribution in [2.24, 2.45) is 0 Å². The number of amides is 1. The van der Waals surface area contributed by atoms with Crippen molar-refractivity contribution in [3.8, 4) is 11.5 Å². The molecule has 1 saturated heterocycles. The monoisotopic (exact) mass is 379 g/mol. The molecule has 1 aromatic carbocycles. The number of ether oxygens (including phenoxy) is 2. The van der Waals surface area contributed by atoms with Gasteiger partial charge < -0.3 is 25.2 Å². The van der Waals surface area contributed by atoms with Gasteiger partial charge in [0, 0.05) is 18.7 Å². The van der Waals surface area contributed by atoms with E-state index in [9.17, 15) is 18.7 Å². The van der Waals surface area contributed by atoms with Crippen LogP contribution in [0.15, 0.2) is 12.1 Å². The number of rotatable bonds is 2. The quantitative estimate of drug-likeness (QED) is 0.735. The molecular formula is C13H12ClF2N3O4S. The zero-order valence-electron chi connectivity index (χ0n) is 11.9. The molecule has 2 aliphatic rings. The molecule has 2 atom stereocenters. The lowest BCUT2D eigenvalue weighted by Gasteiger charge is -2.08. The number of halogens is 3. The van der Waals surface area contributed by atoms with E-state index >= 15 is 0 Å². The van der Waals surface area contributed by atoms with Gasteiger partial charge in [0.05, 0.1) is 22.4 Å². The van der Waals surface area contributed by atoms with Crippen LogP contribution < -0.4 is 20.1 Å². The minimum Gasteiger partial charge on any atom is -0.395 e. The van der Waals surface area contributed by atoms with E-state index in [1.54, 1.807) is 0 Å². The van der Waals surface area contributed by atoms with E-state index in [0.717, 1.165) is 11.3 Å². The largest absolute Gasteiger partial charge is 0.586 e. The number of alkyl halides is 2. The van der Waals surface area contributed by atoms with Gasteiger partial charge in [0.15, 0.2) is 16.6 Å². The number of aliphatic hydroxyl groups excluding tert-OH is 1. The van der Waals surface area contributed by atoms with E-state index in [2.05, 4.69) is 25.1 Å². The Balaban J connectivity index is 0.00000169. The van der Waals surface area contributed by atoms with E-state index in [4.69, 9.17) is 0 Å². The molecule has 3 N–H and O–H groups in total. The molecule has 2 aliphatic heterocycles. The molecule has 0 spiro atoms. The van der Waals surface area contributed by atoms with Crippen LogP contribution in [0.4, 0.5) is 13.9 Å². The number of nitrogens with one attached hydrogen (secondary N) is 2. The molecule has 0 radical (unpaired) electrons. The Morgan fingerprint density at radius 1 is 1.42 bits per heavy atom. The Kier molecular flexibility index (Phi) is 4.24. The summed E-state index contributed by atoms with van der Waals surface area (Å²) in [5.41, 5.74) is 0.421. The molecule has 7 nitrogen and oxygen atoms in total. The average molecular weight is 380 g/mol. The molecule has 1 fully saturated rings. The summed E-state index contributed by atoms with van der Waals surface area (Å²) in [5.74, 6) is -0.456. The van der Waals surface area contributed by atoms with E-state index in [1.165, 1.54) is 12.1 Å². The first-order valence-corrected chi connectivity index (χ1v) is 7.64. The fourth-order valence-corrected chi connectivity index (χ4v) is 3.41. The average Bonchev–Trinajstić information content (AvgIpc) is 3.10. The third-order valence-electron chi connectivity index (χ3n) is 3.57. The number of hydrogen-bond donors (Lipinski definition) is 3. The van der Waals surface area contributed by atoms with E-state index in [-0.39, 0.29) is 29.8 Å². The molecule has 4 rings (SSSR count). The van der Waals surface area contributed by atoms with Gasteiger partial charge in [-0.05, 0) is 6.42 Å². The van der Waals surface area contributed by atoms with Crippen LogP contribution in [-0.2, 0) is 4.79 Å². The second-order valence-electron chi connectivity index (χ2n) is 5.29. The number of aromatic nitrogens is 1. The summed E-state index contributed by atoms with van der Waals surface area (Å²) in [4.78, 5) is 16.2. The number of hydrogen-bond acceptors (Lipinski definition) is 7. The van der Waals surface area contributed by atoms with E-state index in [0.29, 0.717) is 28.3 Å². The number of aliphatic hydroxyl groups is 1. The summed E-state index contributed by atoms with van der Waals surface area (Å²) in [6.07, 6.45) is -3.88. The Hall–Kier alpha value is -1.75. The third-order valence-corrected chi connectivity index (χ3v) is 4.50. The highest BCUT2D eigenvalue weighted by atomic mass is 35.5. The molecule has 0 bridgehead atoms. The Bertz CT molecular complexity index is 758. The third kappa shape index (κ3) is 3.09. The van der Waals surface area contributed by atoms with Crippen molar-refractivity contribution in [1.29, 1.82) is 0 Å². The smallest absolute Gasteiger partial charge is 0.395 e. The van der Waals surface area contributed by atoms with Gasteiger partial charge in [-0.2, -0.15) is 0 Å². The molecule has 0 aliphatic carbocycles. The molecule has 24 heavy (non-hydrogen) atoms. The van der Waals surface area contributed by atoms with Crippen LogP contribution in [0.25, 0.3) is 10.2 Å². The van der Waals surface area contributed by atoms with Crippen molar-refractivity contribution in [1.82, 2.24) is 10.3 Å². The highest BCUT2D eigenvalue weighted by Crippen LogP contribution is 2.44. The van der Waals surface area contributed by atoms with Gasteiger partial charge in [0.25, 0.3) is 0 Å². The zero-order chi connectivity index (χ0) is 16.2. The standard InChI is InChI=1S/C13H11F2N3O4S.ClH/c14-13(15)21-8-2-6-10(3-9(8)22-13)23-12(17-6)18-11(20)7-1-5(19)4-16-7;/h2-3,5,7,16,19H,1,4H2,(H,17,18,20);1H. The predicted molar refractivity (Wildman–Crippen MR) is 84.1 cm³/mol. The van der Waals surface area contributed by atoms with E-state index < -0.39 is 18.4 Å². The maximum atomic E-state index is 13.0. The summed E-state index contributed by atoms with van der Waals surface area (Å²) in [6.45, 7) is 0.369.